The molecule has 3 atom stereocenters. The standard InChI is InChI=1S/C16H25N/c1-5-13(4)16(15(17)11-12(2)3)14-9-7-6-8-10-14/h6-11,13,15-16H,5,17H2,1-4H3. The topological polar surface area (TPSA) is 26.0 Å². The molecule has 1 nitrogen and oxygen atoms in total. The Hall–Kier alpha value is -1.08. The van der Waals surface area contributed by atoms with E-state index in [-0.39, 0.29) is 6.04 Å². The molecule has 1 rings (SSSR count). The Kier molecular flexibility index (Phi) is 5.43. The molecule has 0 aromatic heterocycles. The smallest absolute Gasteiger partial charge is 0.0298 e. The number of hydrogen-bond acceptors (Lipinski definition) is 1. The quantitative estimate of drug-likeness (QED) is 0.758. The zero-order valence-electron chi connectivity index (χ0n) is 11.5. The Morgan fingerprint density at radius 3 is 2.29 bits per heavy atom. The Bertz CT molecular complexity index is 349. The lowest BCUT2D eigenvalue weighted by Gasteiger charge is -2.28. The highest BCUT2D eigenvalue weighted by atomic mass is 14.6. The van der Waals surface area contributed by atoms with Gasteiger partial charge in [-0.15, -0.1) is 0 Å². The zero-order chi connectivity index (χ0) is 12.8. The van der Waals surface area contributed by atoms with Crippen molar-refractivity contribution in [3.8, 4) is 0 Å². The van der Waals surface area contributed by atoms with Gasteiger partial charge in [0.25, 0.3) is 0 Å². The van der Waals surface area contributed by atoms with Gasteiger partial charge in [0.2, 0.25) is 0 Å². The zero-order valence-corrected chi connectivity index (χ0v) is 11.5. The van der Waals surface area contributed by atoms with Crippen LogP contribution in [0.15, 0.2) is 42.0 Å². The molecule has 17 heavy (non-hydrogen) atoms. The first-order valence-corrected chi connectivity index (χ1v) is 6.51. The van der Waals surface area contributed by atoms with Crippen LogP contribution in [0, 0.1) is 5.92 Å². The van der Waals surface area contributed by atoms with Gasteiger partial charge in [-0.25, -0.2) is 0 Å². The molecule has 0 saturated carbocycles. The van der Waals surface area contributed by atoms with E-state index >= 15 is 0 Å². The van der Waals surface area contributed by atoms with E-state index in [0.29, 0.717) is 11.8 Å². The Morgan fingerprint density at radius 1 is 1.24 bits per heavy atom. The van der Waals surface area contributed by atoms with Crippen molar-refractivity contribution in [3.05, 3.63) is 47.5 Å². The summed E-state index contributed by atoms with van der Waals surface area (Å²) < 4.78 is 0. The Morgan fingerprint density at radius 2 is 1.82 bits per heavy atom. The SMILES string of the molecule is CCC(C)C(c1ccccc1)C(N)C=C(C)C. The molecule has 0 amide bonds. The fraction of sp³-hybridized carbons (Fsp3) is 0.500. The molecule has 0 spiro atoms. The van der Waals surface area contributed by atoms with Crippen LogP contribution < -0.4 is 5.73 Å². The summed E-state index contributed by atoms with van der Waals surface area (Å²) in [6.07, 6.45) is 3.34. The van der Waals surface area contributed by atoms with Crippen LogP contribution in [0.5, 0.6) is 0 Å². The van der Waals surface area contributed by atoms with Gasteiger partial charge in [0.15, 0.2) is 0 Å². The highest BCUT2D eigenvalue weighted by Crippen LogP contribution is 2.30. The summed E-state index contributed by atoms with van der Waals surface area (Å²) in [5.41, 5.74) is 9.00. The molecular formula is C16H25N. The molecule has 1 aromatic carbocycles. The van der Waals surface area contributed by atoms with Crippen molar-refractivity contribution in [1.29, 1.82) is 0 Å². The maximum Gasteiger partial charge on any atom is 0.0298 e. The minimum Gasteiger partial charge on any atom is -0.324 e. The fourth-order valence-electron chi connectivity index (χ4n) is 2.35. The van der Waals surface area contributed by atoms with Gasteiger partial charge in [-0.3, -0.25) is 0 Å². The first-order chi connectivity index (χ1) is 8.06. The van der Waals surface area contributed by atoms with Crippen LogP contribution in [-0.2, 0) is 0 Å². The average molecular weight is 231 g/mol. The molecule has 0 heterocycles. The molecule has 1 aromatic rings. The third-order valence-corrected chi connectivity index (χ3v) is 3.38. The van der Waals surface area contributed by atoms with E-state index in [4.69, 9.17) is 5.73 Å². The van der Waals surface area contributed by atoms with Crippen molar-refractivity contribution in [2.45, 2.75) is 46.1 Å². The molecule has 0 aliphatic rings. The molecule has 0 aliphatic heterocycles. The van der Waals surface area contributed by atoms with Crippen molar-refractivity contribution in [2.75, 3.05) is 0 Å². The number of benzene rings is 1. The first kappa shape index (κ1) is 14.0. The largest absolute Gasteiger partial charge is 0.324 e. The summed E-state index contributed by atoms with van der Waals surface area (Å²) in [4.78, 5) is 0. The second-order valence-electron chi connectivity index (χ2n) is 5.14. The Balaban J connectivity index is 3.00. The summed E-state index contributed by atoms with van der Waals surface area (Å²) >= 11 is 0. The first-order valence-electron chi connectivity index (χ1n) is 6.51. The molecule has 0 aliphatic carbocycles. The van der Waals surface area contributed by atoms with Gasteiger partial charge in [-0.05, 0) is 25.3 Å². The maximum absolute atomic E-state index is 6.35. The van der Waals surface area contributed by atoms with Crippen LogP contribution >= 0.6 is 0 Å². The van der Waals surface area contributed by atoms with Crippen LogP contribution in [0.25, 0.3) is 0 Å². The van der Waals surface area contributed by atoms with E-state index in [2.05, 4.69) is 64.1 Å². The van der Waals surface area contributed by atoms with Crippen LogP contribution in [0.1, 0.15) is 45.6 Å². The van der Waals surface area contributed by atoms with Gasteiger partial charge in [0, 0.05) is 12.0 Å². The molecule has 1 heteroatoms. The molecule has 0 bridgehead atoms. The minimum atomic E-state index is 0.109. The molecule has 0 saturated heterocycles. The van der Waals surface area contributed by atoms with Gasteiger partial charge in [-0.2, -0.15) is 0 Å². The minimum absolute atomic E-state index is 0.109. The van der Waals surface area contributed by atoms with Crippen LogP contribution in [0.4, 0.5) is 0 Å². The summed E-state index contributed by atoms with van der Waals surface area (Å²) in [7, 11) is 0. The fourth-order valence-corrected chi connectivity index (χ4v) is 2.35. The summed E-state index contributed by atoms with van der Waals surface area (Å²) in [5.74, 6) is 1.01. The Labute approximate surface area is 106 Å². The van der Waals surface area contributed by atoms with Crippen molar-refractivity contribution in [3.63, 3.8) is 0 Å². The van der Waals surface area contributed by atoms with Gasteiger partial charge in [0.1, 0.15) is 0 Å². The summed E-state index contributed by atoms with van der Waals surface area (Å²) in [6, 6.07) is 10.7. The third-order valence-electron chi connectivity index (χ3n) is 3.38. The van der Waals surface area contributed by atoms with Crippen LogP contribution in [0.3, 0.4) is 0 Å². The van der Waals surface area contributed by atoms with E-state index in [1.54, 1.807) is 0 Å². The number of nitrogens with two attached hydrogens (primary N) is 1. The summed E-state index contributed by atoms with van der Waals surface area (Å²) in [5, 5.41) is 0. The number of rotatable bonds is 5. The lowest BCUT2D eigenvalue weighted by Crippen LogP contribution is -2.30. The van der Waals surface area contributed by atoms with Gasteiger partial charge in [-0.1, -0.05) is 62.2 Å². The van der Waals surface area contributed by atoms with Gasteiger partial charge >= 0.3 is 0 Å². The highest BCUT2D eigenvalue weighted by molar-refractivity contribution is 5.24. The third kappa shape index (κ3) is 4.01. The molecular weight excluding hydrogens is 206 g/mol. The monoisotopic (exact) mass is 231 g/mol. The highest BCUT2D eigenvalue weighted by Gasteiger charge is 2.23. The van der Waals surface area contributed by atoms with Gasteiger partial charge in [0.05, 0.1) is 0 Å². The second kappa shape index (κ2) is 6.61. The number of hydrogen-bond donors (Lipinski definition) is 1. The number of allylic oxidation sites excluding steroid dienone is 1. The van der Waals surface area contributed by atoms with E-state index in [9.17, 15) is 0 Å². The predicted molar refractivity (Wildman–Crippen MR) is 76.0 cm³/mol. The van der Waals surface area contributed by atoms with Crippen LogP contribution in [0.2, 0.25) is 0 Å². The molecule has 3 unspecified atom stereocenters. The van der Waals surface area contributed by atoms with E-state index in [0.717, 1.165) is 6.42 Å². The lowest BCUT2D eigenvalue weighted by molar-refractivity contribution is 0.414. The molecule has 0 radical (unpaired) electrons. The predicted octanol–water partition coefficient (Wildman–Crippen LogP) is 4.11. The van der Waals surface area contributed by atoms with Crippen molar-refractivity contribution < 1.29 is 0 Å². The normalized spacial score (nSPS) is 16.1. The van der Waals surface area contributed by atoms with E-state index in [1.165, 1.54) is 11.1 Å². The van der Waals surface area contributed by atoms with E-state index in [1.807, 2.05) is 0 Å². The van der Waals surface area contributed by atoms with Gasteiger partial charge < -0.3 is 5.73 Å². The molecule has 0 fully saturated rings. The van der Waals surface area contributed by atoms with Crippen LogP contribution in [-0.4, -0.2) is 6.04 Å². The molecule has 2 N–H and O–H groups in total. The van der Waals surface area contributed by atoms with Crippen molar-refractivity contribution in [1.82, 2.24) is 0 Å². The molecule has 94 valence electrons. The summed E-state index contributed by atoms with van der Waals surface area (Å²) in [6.45, 7) is 8.74. The van der Waals surface area contributed by atoms with Crippen molar-refractivity contribution in [2.24, 2.45) is 11.7 Å². The second-order valence-corrected chi connectivity index (χ2v) is 5.14. The average Bonchev–Trinajstić information content (AvgIpc) is 2.29. The maximum atomic E-state index is 6.35. The lowest BCUT2D eigenvalue weighted by atomic mass is 9.80. The van der Waals surface area contributed by atoms with E-state index < -0.39 is 0 Å². The van der Waals surface area contributed by atoms with Crippen molar-refractivity contribution >= 4 is 0 Å².